The molecular formula is C11H18N4O. The normalized spacial score (nSPS) is 20.7. The topological polar surface area (TPSA) is 64.2 Å². The van der Waals surface area contributed by atoms with Crippen molar-refractivity contribution in [1.29, 1.82) is 0 Å². The van der Waals surface area contributed by atoms with E-state index < -0.39 is 0 Å². The number of hydrogen-bond acceptors (Lipinski definition) is 3. The molecule has 1 aliphatic rings. The number of nitrogens with two attached hydrogens (primary N) is 1. The monoisotopic (exact) mass is 222 g/mol. The molecule has 0 spiro atoms. The molecule has 1 aromatic rings. The van der Waals surface area contributed by atoms with Crippen molar-refractivity contribution in [2.24, 2.45) is 5.92 Å². The second-order valence-electron chi connectivity index (χ2n) is 4.37. The maximum atomic E-state index is 11.7. The Bertz CT molecular complexity index is 374. The van der Waals surface area contributed by atoms with Crippen LogP contribution < -0.4 is 5.73 Å². The molecule has 1 aliphatic heterocycles. The Morgan fingerprint density at radius 3 is 3.06 bits per heavy atom. The summed E-state index contributed by atoms with van der Waals surface area (Å²) in [4.78, 5) is 17.5. The van der Waals surface area contributed by atoms with Crippen LogP contribution in [0, 0.1) is 5.92 Å². The lowest BCUT2D eigenvalue weighted by Crippen LogP contribution is -2.28. The van der Waals surface area contributed by atoms with Crippen molar-refractivity contribution >= 4 is 11.9 Å². The summed E-state index contributed by atoms with van der Waals surface area (Å²) < 4.78 is 1.80. The number of carbonyl (C=O) groups is 1. The summed E-state index contributed by atoms with van der Waals surface area (Å²) in [6.07, 6.45) is 6.40. The summed E-state index contributed by atoms with van der Waals surface area (Å²) in [5, 5.41) is 0. The highest BCUT2D eigenvalue weighted by Gasteiger charge is 2.28. The van der Waals surface area contributed by atoms with Crippen LogP contribution in [-0.2, 0) is 11.5 Å². The third-order valence-electron chi connectivity index (χ3n) is 3.06. The standard InChI is InChI=1S/C11H18N4O/c1-2-3-9-6-10(16)15(7-9)8-14-5-4-13-11(14)12/h4-5,9H,2-3,6-8H2,1H3,(H2,12,13). The van der Waals surface area contributed by atoms with E-state index in [9.17, 15) is 4.79 Å². The average molecular weight is 222 g/mol. The van der Waals surface area contributed by atoms with Crippen molar-refractivity contribution in [3.8, 4) is 0 Å². The van der Waals surface area contributed by atoms with Gasteiger partial charge < -0.3 is 10.6 Å². The first-order chi connectivity index (χ1) is 7.70. The second kappa shape index (κ2) is 4.55. The molecule has 1 aromatic heterocycles. The molecule has 2 heterocycles. The Labute approximate surface area is 95.2 Å². The number of nitrogen functional groups attached to an aromatic ring is 1. The number of nitrogens with zero attached hydrogens (tertiary/aromatic N) is 3. The zero-order chi connectivity index (χ0) is 11.5. The summed E-state index contributed by atoms with van der Waals surface area (Å²) in [6, 6.07) is 0. The number of carbonyl (C=O) groups excluding carboxylic acids is 1. The van der Waals surface area contributed by atoms with Crippen LogP contribution in [0.3, 0.4) is 0 Å². The first-order valence-electron chi connectivity index (χ1n) is 5.75. The molecule has 0 aliphatic carbocycles. The molecule has 0 bridgehead atoms. The van der Waals surface area contributed by atoms with E-state index >= 15 is 0 Å². The van der Waals surface area contributed by atoms with E-state index in [1.807, 2.05) is 4.90 Å². The van der Waals surface area contributed by atoms with E-state index in [-0.39, 0.29) is 5.91 Å². The predicted molar refractivity (Wildman–Crippen MR) is 61.4 cm³/mol. The van der Waals surface area contributed by atoms with Gasteiger partial charge in [0.15, 0.2) is 0 Å². The van der Waals surface area contributed by atoms with Crippen LogP contribution in [0.2, 0.25) is 0 Å². The van der Waals surface area contributed by atoms with Crippen molar-refractivity contribution in [2.75, 3.05) is 12.3 Å². The van der Waals surface area contributed by atoms with E-state index in [4.69, 9.17) is 5.73 Å². The van der Waals surface area contributed by atoms with E-state index in [0.717, 1.165) is 19.4 Å². The Morgan fingerprint density at radius 1 is 1.62 bits per heavy atom. The minimum absolute atomic E-state index is 0.228. The fourth-order valence-electron chi connectivity index (χ4n) is 2.24. The third-order valence-corrected chi connectivity index (χ3v) is 3.06. The molecule has 1 fully saturated rings. The lowest BCUT2D eigenvalue weighted by molar-refractivity contribution is -0.129. The SMILES string of the molecule is CCCC1CC(=O)N(Cn2ccnc2N)C1. The van der Waals surface area contributed by atoms with Crippen molar-refractivity contribution in [3.05, 3.63) is 12.4 Å². The Kier molecular flexibility index (Phi) is 3.12. The molecular weight excluding hydrogens is 204 g/mol. The van der Waals surface area contributed by atoms with Gasteiger partial charge in [-0.3, -0.25) is 9.36 Å². The van der Waals surface area contributed by atoms with Crippen LogP contribution in [0.25, 0.3) is 0 Å². The van der Waals surface area contributed by atoms with Crippen LogP contribution in [0.15, 0.2) is 12.4 Å². The molecule has 1 saturated heterocycles. The molecule has 0 radical (unpaired) electrons. The average Bonchev–Trinajstić information content (AvgIpc) is 2.77. The van der Waals surface area contributed by atoms with Gasteiger partial charge in [0.2, 0.25) is 11.9 Å². The number of aromatic nitrogens is 2. The van der Waals surface area contributed by atoms with Crippen molar-refractivity contribution in [2.45, 2.75) is 32.9 Å². The van der Waals surface area contributed by atoms with E-state index in [1.54, 1.807) is 17.0 Å². The fraction of sp³-hybridized carbons (Fsp3) is 0.636. The maximum Gasteiger partial charge on any atom is 0.224 e. The quantitative estimate of drug-likeness (QED) is 0.828. The summed E-state index contributed by atoms with van der Waals surface area (Å²) in [7, 11) is 0. The predicted octanol–water partition coefficient (Wildman–Crippen LogP) is 1.07. The van der Waals surface area contributed by atoms with Gasteiger partial charge in [0, 0.05) is 25.4 Å². The van der Waals surface area contributed by atoms with Crippen LogP contribution in [-0.4, -0.2) is 26.9 Å². The maximum absolute atomic E-state index is 11.7. The molecule has 1 unspecified atom stereocenters. The molecule has 0 saturated carbocycles. The van der Waals surface area contributed by atoms with Crippen LogP contribution in [0.4, 0.5) is 5.95 Å². The highest BCUT2D eigenvalue weighted by molar-refractivity contribution is 5.78. The van der Waals surface area contributed by atoms with Gasteiger partial charge in [-0.15, -0.1) is 0 Å². The van der Waals surface area contributed by atoms with E-state index in [0.29, 0.717) is 25.0 Å². The van der Waals surface area contributed by atoms with Crippen molar-refractivity contribution in [1.82, 2.24) is 14.5 Å². The second-order valence-corrected chi connectivity index (χ2v) is 4.37. The van der Waals surface area contributed by atoms with Crippen molar-refractivity contribution in [3.63, 3.8) is 0 Å². The van der Waals surface area contributed by atoms with Gasteiger partial charge in [-0.25, -0.2) is 4.98 Å². The van der Waals surface area contributed by atoms with Crippen molar-refractivity contribution < 1.29 is 4.79 Å². The van der Waals surface area contributed by atoms with Gasteiger partial charge in [-0.2, -0.15) is 0 Å². The summed E-state index contributed by atoms with van der Waals surface area (Å²) in [6.45, 7) is 3.54. The van der Waals surface area contributed by atoms with E-state index in [1.165, 1.54) is 0 Å². The molecule has 2 N–H and O–H groups in total. The Hall–Kier alpha value is -1.52. The first-order valence-corrected chi connectivity index (χ1v) is 5.75. The number of amides is 1. The van der Waals surface area contributed by atoms with Gasteiger partial charge in [-0.1, -0.05) is 13.3 Å². The molecule has 0 aromatic carbocycles. The van der Waals surface area contributed by atoms with Crippen LogP contribution >= 0.6 is 0 Å². The molecule has 5 heteroatoms. The van der Waals surface area contributed by atoms with Gasteiger partial charge in [0.25, 0.3) is 0 Å². The van der Waals surface area contributed by atoms with Gasteiger partial charge in [0.1, 0.15) is 6.67 Å². The molecule has 1 amide bonds. The summed E-state index contributed by atoms with van der Waals surface area (Å²) in [5.74, 6) is 1.21. The zero-order valence-electron chi connectivity index (χ0n) is 9.59. The molecule has 2 rings (SSSR count). The minimum Gasteiger partial charge on any atom is -0.369 e. The van der Waals surface area contributed by atoms with Crippen LogP contribution in [0.5, 0.6) is 0 Å². The van der Waals surface area contributed by atoms with E-state index in [2.05, 4.69) is 11.9 Å². The molecule has 1 atom stereocenters. The molecule has 16 heavy (non-hydrogen) atoms. The van der Waals surface area contributed by atoms with Gasteiger partial charge in [0.05, 0.1) is 0 Å². The zero-order valence-corrected chi connectivity index (χ0v) is 9.59. The fourth-order valence-corrected chi connectivity index (χ4v) is 2.24. The summed E-state index contributed by atoms with van der Waals surface area (Å²) in [5.41, 5.74) is 5.67. The molecule has 88 valence electrons. The largest absolute Gasteiger partial charge is 0.369 e. The minimum atomic E-state index is 0.228. The van der Waals surface area contributed by atoms with Gasteiger partial charge >= 0.3 is 0 Å². The highest BCUT2D eigenvalue weighted by atomic mass is 16.2. The van der Waals surface area contributed by atoms with Gasteiger partial charge in [-0.05, 0) is 12.3 Å². The smallest absolute Gasteiger partial charge is 0.224 e. The Morgan fingerprint density at radius 2 is 2.44 bits per heavy atom. The third kappa shape index (κ3) is 2.18. The number of imidazole rings is 1. The highest BCUT2D eigenvalue weighted by Crippen LogP contribution is 2.22. The van der Waals surface area contributed by atoms with Crippen LogP contribution in [0.1, 0.15) is 26.2 Å². The number of rotatable bonds is 4. The summed E-state index contributed by atoms with van der Waals surface area (Å²) >= 11 is 0. The first kappa shape index (κ1) is 11.0. The number of hydrogen-bond donors (Lipinski definition) is 1. The molecule has 5 nitrogen and oxygen atoms in total. The Balaban J connectivity index is 1.96. The number of anilines is 1. The lowest BCUT2D eigenvalue weighted by Gasteiger charge is -2.17. The number of likely N-dealkylation sites (tertiary alicyclic amines) is 1. The lowest BCUT2D eigenvalue weighted by atomic mass is 10.0.